The number of primary amides is 1. The SMILES string of the molecule is CC(C)(C)c1ccc(C(=O)N[C@@H]2CCCN(c3nnc(C(N)=O)c(Nc4cccc(-c5ncccn5)c4)n3)C2)cc1. The monoisotopic (exact) mass is 551 g/mol. The number of carbonyl (C=O) groups excluding carboxylic acids is 2. The van der Waals surface area contributed by atoms with E-state index in [1.165, 1.54) is 5.56 Å². The van der Waals surface area contributed by atoms with E-state index in [2.05, 4.69) is 56.6 Å². The Bertz CT molecular complexity index is 1540. The van der Waals surface area contributed by atoms with Crippen molar-refractivity contribution in [1.82, 2.24) is 30.5 Å². The van der Waals surface area contributed by atoms with Crippen molar-refractivity contribution in [1.29, 1.82) is 0 Å². The fourth-order valence-corrected chi connectivity index (χ4v) is 4.69. The lowest BCUT2D eigenvalue weighted by atomic mass is 9.86. The number of nitrogens with one attached hydrogen (secondary N) is 2. The van der Waals surface area contributed by atoms with Crippen molar-refractivity contribution >= 4 is 29.3 Å². The van der Waals surface area contributed by atoms with Gasteiger partial charge in [0.2, 0.25) is 5.95 Å². The molecule has 41 heavy (non-hydrogen) atoms. The Hall–Kier alpha value is -4.93. The minimum absolute atomic E-state index is 0.0177. The van der Waals surface area contributed by atoms with Crippen LogP contribution in [0.4, 0.5) is 17.5 Å². The quantitative estimate of drug-likeness (QED) is 0.311. The molecule has 1 aliphatic heterocycles. The third kappa shape index (κ3) is 6.63. The molecule has 1 fully saturated rings. The zero-order valence-electron chi connectivity index (χ0n) is 23.3. The lowest BCUT2D eigenvalue weighted by Gasteiger charge is -2.33. The second kappa shape index (κ2) is 11.7. The summed E-state index contributed by atoms with van der Waals surface area (Å²) in [6.07, 6.45) is 5.00. The summed E-state index contributed by atoms with van der Waals surface area (Å²) in [5.41, 5.74) is 8.77. The molecule has 0 spiro atoms. The maximum atomic E-state index is 13.0. The fraction of sp³-hybridized carbons (Fsp3) is 0.300. The highest BCUT2D eigenvalue weighted by molar-refractivity contribution is 5.96. The fourth-order valence-electron chi connectivity index (χ4n) is 4.69. The third-order valence-electron chi connectivity index (χ3n) is 6.91. The molecule has 0 saturated carbocycles. The van der Waals surface area contributed by atoms with E-state index in [0.29, 0.717) is 36.1 Å². The number of aromatic nitrogens is 5. The van der Waals surface area contributed by atoms with E-state index in [1.807, 2.05) is 53.4 Å². The number of hydrogen-bond donors (Lipinski definition) is 3. The summed E-state index contributed by atoms with van der Waals surface area (Å²) in [6, 6.07) is 16.8. The molecule has 4 aromatic rings. The van der Waals surface area contributed by atoms with Crippen LogP contribution in [0.15, 0.2) is 67.0 Å². The van der Waals surface area contributed by atoms with Crippen molar-refractivity contribution in [3.63, 3.8) is 0 Å². The van der Waals surface area contributed by atoms with Gasteiger partial charge < -0.3 is 21.3 Å². The standard InChI is InChI=1S/C30H33N9O2/c1-30(2,3)21-12-10-19(11-13-21)28(41)35-23-9-5-16-39(18-23)29-36-27(24(25(31)40)37-38-29)34-22-8-4-7-20(17-22)26-32-14-6-15-33-26/h4,6-8,10-15,17,23H,5,9,16,18H2,1-3H3,(H2,31,40)(H,35,41)(H,34,36,38)/t23-/m1/s1. The Balaban J connectivity index is 1.31. The molecule has 5 rings (SSSR count). The zero-order valence-corrected chi connectivity index (χ0v) is 23.3. The first-order chi connectivity index (χ1) is 19.7. The molecule has 2 aromatic carbocycles. The lowest BCUT2D eigenvalue weighted by molar-refractivity contribution is 0.0931. The topological polar surface area (TPSA) is 152 Å². The summed E-state index contributed by atoms with van der Waals surface area (Å²) in [6.45, 7) is 7.62. The van der Waals surface area contributed by atoms with Crippen LogP contribution < -0.4 is 21.3 Å². The maximum Gasteiger partial charge on any atom is 0.273 e. The van der Waals surface area contributed by atoms with Gasteiger partial charge >= 0.3 is 0 Å². The molecule has 0 bridgehead atoms. The average Bonchev–Trinajstić information content (AvgIpc) is 2.97. The first-order valence-corrected chi connectivity index (χ1v) is 13.5. The zero-order chi connectivity index (χ0) is 29.0. The van der Waals surface area contributed by atoms with Crippen LogP contribution in [0, 0.1) is 0 Å². The Kier molecular flexibility index (Phi) is 7.86. The van der Waals surface area contributed by atoms with Crippen molar-refractivity contribution in [2.45, 2.75) is 45.1 Å². The van der Waals surface area contributed by atoms with Gasteiger partial charge in [0.1, 0.15) is 0 Å². The van der Waals surface area contributed by atoms with Gasteiger partial charge in [0.05, 0.1) is 0 Å². The van der Waals surface area contributed by atoms with E-state index in [4.69, 9.17) is 5.73 Å². The van der Waals surface area contributed by atoms with Crippen LogP contribution in [0.1, 0.15) is 60.0 Å². The second-order valence-corrected chi connectivity index (χ2v) is 11.0. The molecule has 1 saturated heterocycles. The van der Waals surface area contributed by atoms with Crippen molar-refractivity contribution in [2.75, 3.05) is 23.3 Å². The number of carbonyl (C=O) groups is 2. The summed E-state index contributed by atoms with van der Waals surface area (Å²) in [4.78, 5) is 40.3. The van der Waals surface area contributed by atoms with Gasteiger partial charge in [-0.15, -0.1) is 10.2 Å². The van der Waals surface area contributed by atoms with E-state index in [1.54, 1.807) is 18.5 Å². The molecule has 0 radical (unpaired) electrons. The van der Waals surface area contributed by atoms with E-state index < -0.39 is 5.91 Å². The summed E-state index contributed by atoms with van der Waals surface area (Å²) in [5, 5.41) is 14.6. The number of amides is 2. The molecule has 2 amide bonds. The molecule has 0 unspecified atom stereocenters. The Morgan fingerprint density at radius 1 is 1.00 bits per heavy atom. The van der Waals surface area contributed by atoms with E-state index in [9.17, 15) is 9.59 Å². The number of anilines is 3. The molecule has 11 heteroatoms. The summed E-state index contributed by atoms with van der Waals surface area (Å²) in [7, 11) is 0. The number of benzene rings is 2. The Morgan fingerprint density at radius 2 is 1.76 bits per heavy atom. The maximum absolute atomic E-state index is 13.0. The molecular formula is C30H33N9O2. The normalized spacial score (nSPS) is 15.3. The highest BCUT2D eigenvalue weighted by Crippen LogP contribution is 2.25. The van der Waals surface area contributed by atoms with Gasteiger partial charge in [-0.2, -0.15) is 4.98 Å². The predicted octanol–water partition coefficient (Wildman–Crippen LogP) is 3.87. The third-order valence-corrected chi connectivity index (χ3v) is 6.91. The van der Waals surface area contributed by atoms with Gasteiger partial charge in [-0.3, -0.25) is 9.59 Å². The molecule has 0 aliphatic carbocycles. The first kappa shape index (κ1) is 27.6. The van der Waals surface area contributed by atoms with Crippen molar-refractivity contribution < 1.29 is 9.59 Å². The second-order valence-electron chi connectivity index (χ2n) is 11.0. The number of nitrogens with two attached hydrogens (primary N) is 1. The summed E-state index contributed by atoms with van der Waals surface area (Å²) < 4.78 is 0. The Morgan fingerprint density at radius 3 is 2.46 bits per heavy atom. The van der Waals surface area contributed by atoms with Crippen LogP contribution in [0.3, 0.4) is 0 Å². The Labute approximate surface area is 238 Å². The molecule has 3 heterocycles. The number of rotatable bonds is 7. The van der Waals surface area contributed by atoms with Crippen molar-refractivity contribution in [3.8, 4) is 11.4 Å². The average molecular weight is 552 g/mol. The minimum Gasteiger partial charge on any atom is -0.364 e. The lowest BCUT2D eigenvalue weighted by Crippen LogP contribution is -2.48. The van der Waals surface area contributed by atoms with Gasteiger partial charge in [-0.25, -0.2) is 9.97 Å². The van der Waals surface area contributed by atoms with E-state index in [0.717, 1.165) is 18.4 Å². The van der Waals surface area contributed by atoms with Gasteiger partial charge in [-0.05, 0) is 54.2 Å². The largest absolute Gasteiger partial charge is 0.364 e. The molecule has 1 atom stereocenters. The summed E-state index contributed by atoms with van der Waals surface area (Å²) in [5.74, 6) is 0.236. The van der Waals surface area contributed by atoms with Crippen molar-refractivity contribution in [2.24, 2.45) is 5.73 Å². The highest BCUT2D eigenvalue weighted by Gasteiger charge is 2.26. The number of hydrogen-bond acceptors (Lipinski definition) is 9. The molecule has 4 N–H and O–H groups in total. The highest BCUT2D eigenvalue weighted by atomic mass is 16.2. The molecular weight excluding hydrogens is 518 g/mol. The van der Waals surface area contributed by atoms with E-state index >= 15 is 0 Å². The van der Waals surface area contributed by atoms with E-state index in [-0.39, 0.29) is 28.9 Å². The van der Waals surface area contributed by atoms with Crippen LogP contribution in [0.5, 0.6) is 0 Å². The van der Waals surface area contributed by atoms with Crippen molar-refractivity contribution in [3.05, 3.63) is 83.8 Å². The van der Waals surface area contributed by atoms with Gasteiger partial charge in [0, 0.05) is 48.3 Å². The van der Waals surface area contributed by atoms with Gasteiger partial charge in [-0.1, -0.05) is 45.0 Å². The smallest absolute Gasteiger partial charge is 0.273 e. The van der Waals surface area contributed by atoms with Crippen LogP contribution in [0.2, 0.25) is 0 Å². The van der Waals surface area contributed by atoms with Crippen LogP contribution in [-0.4, -0.2) is 56.1 Å². The number of piperidine rings is 1. The van der Waals surface area contributed by atoms with Crippen LogP contribution in [-0.2, 0) is 5.41 Å². The van der Waals surface area contributed by atoms with Gasteiger partial charge in [0.25, 0.3) is 11.8 Å². The predicted molar refractivity (Wildman–Crippen MR) is 157 cm³/mol. The molecule has 210 valence electrons. The minimum atomic E-state index is -0.747. The molecule has 2 aromatic heterocycles. The number of nitrogens with zero attached hydrogens (tertiary/aromatic N) is 6. The summed E-state index contributed by atoms with van der Waals surface area (Å²) >= 11 is 0. The van der Waals surface area contributed by atoms with Gasteiger partial charge in [0.15, 0.2) is 17.3 Å². The van der Waals surface area contributed by atoms with Crippen LogP contribution >= 0.6 is 0 Å². The molecule has 11 nitrogen and oxygen atoms in total. The van der Waals surface area contributed by atoms with Crippen LogP contribution in [0.25, 0.3) is 11.4 Å². The first-order valence-electron chi connectivity index (χ1n) is 13.5. The molecule has 1 aliphatic rings.